The zero-order valence-corrected chi connectivity index (χ0v) is 33.0. The minimum Gasteiger partial charge on any atom is -0.756 e. The Morgan fingerprint density at radius 1 is 0.735 bits per heavy atom. The molecule has 2 N–H and O–H groups in total. The molecule has 1 amide bonds. The second-order valence-electron chi connectivity index (χ2n) is 14.3. The Morgan fingerprint density at radius 2 is 1.24 bits per heavy atom. The first-order valence-corrected chi connectivity index (χ1v) is 20.9. The highest BCUT2D eigenvalue weighted by Gasteiger charge is 2.24. The molecule has 0 aliphatic heterocycles. The average molecular weight is 711 g/mol. The molecule has 9 heteroatoms. The number of carbonyl (C=O) groups excluding carboxylic acids is 1. The van der Waals surface area contributed by atoms with Gasteiger partial charge in [0.1, 0.15) is 13.2 Å². The van der Waals surface area contributed by atoms with Crippen molar-refractivity contribution < 1.29 is 32.9 Å². The van der Waals surface area contributed by atoms with Crippen LogP contribution in [0.5, 0.6) is 0 Å². The van der Waals surface area contributed by atoms with E-state index in [1.807, 2.05) is 21.1 Å². The summed E-state index contributed by atoms with van der Waals surface area (Å²) >= 11 is 0. The third-order valence-corrected chi connectivity index (χ3v) is 9.30. The Balaban J connectivity index is 4.06. The van der Waals surface area contributed by atoms with E-state index in [9.17, 15) is 19.4 Å². The van der Waals surface area contributed by atoms with Crippen LogP contribution >= 0.6 is 7.82 Å². The van der Waals surface area contributed by atoms with Gasteiger partial charge in [0.25, 0.3) is 7.82 Å². The molecule has 0 aromatic heterocycles. The molecule has 0 rings (SSSR count). The van der Waals surface area contributed by atoms with E-state index in [2.05, 4.69) is 67.8 Å². The van der Waals surface area contributed by atoms with Crippen LogP contribution in [0.1, 0.15) is 149 Å². The summed E-state index contributed by atoms with van der Waals surface area (Å²) in [5.74, 6) is -0.182. The fourth-order valence-corrected chi connectivity index (χ4v) is 5.93. The van der Waals surface area contributed by atoms with Crippen LogP contribution in [0.15, 0.2) is 48.6 Å². The first kappa shape index (κ1) is 47.5. The molecule has 0 heterocycles. The lowest BCUT2D eigenvalue weighted by Crippen LogP contribution is -2.46. The van der Waals surface area contributed by atoms with Gasteiger partial charge in [0, 0.05) is 6.42 Å². The van der Waals surface area contributed by atoms with Crippen molar-refractivity contribution in [3.05, 3.63) is 48.6 Å². The van der Waals surface area contributed by atoms with Crippen LogP contribution in [-0.4, -0.2) is 68.5 Å². The Bertz CT molecular complexity index is 944. The normalized spacial score (nSPS) is 15.2. The van der Waals surface area contributed by atoms with Crippen molar-refractivity contribution >= 4 is 13.7 Å². The first-order valence-electron chi connectivity index (χ1n) is 19.5. The summed E-state index contributed by atoms with van der Waals surface area (Å²) in [5, 5.41) is 13.6. The Kier molecular flexibility index (Phi) is 31.4. The number of hydrogen-bond acceptors (Lipinski definition) is 6. The van der Waals surface area contributed by atoms with Crippen molar-refractivity contribution in [3.63, 3.8) is 0 Å². The molecule has 0 radical (unpaired) electrons. The van der Waals surface area contributed by atoms with E-state index < -0.39 is 20.0 Å². The van der Waals surface area contributed by atoms with Crippen LogP contribution in [0.3, 0.4) is 0 Å². The molecule has 3 atom stereocenters. The van der Waals surface area contributed by atoms with Gasteiger partial charge in [0.15, 0.2) is 0 Å². The number of carbonyl (C=O) groups is 1. The lowest BCUT2D eigenvalue weighted by molar-refractivity contribution is -0.870. The largest absolute Gasteiger partial charge is 0.756 e. The van der Waals surface area contributed by atoms with Crippen molar-refractivity contribution in [2.24, 2.45) is 0 Å². The van der Waals surface area contributed by atoms with Gasteiger partial charge < -0.3 is 28.8 Å². The van der Waals surface area contributed by atoms with Gasteiger partial charge >= 0.3 is 0 Å². The second-order valence-corrected chi connectivity index (χ2v) is 15.7. The van der Waals surface area contributed by atoms with E-state index in [4.69, 9.17) is 9.05 Å². The number of amides is 1. The number of nitrogens with one attached hydrogen (secondary N) is 1. The molecule has 0 fully saturated rings. The smallest absolute Gasteiger partial charge is 0.268 e. The van der Waals surface area contributed by atoms with E-state index in [0.29, 0.717) is 23.9 Å². The molecule has 0 aromatic carbocycles. The number of nitrogens with zero attached hydrogens (tertiary/aromatic N) is 1. The predicted molar refractivity (Wildman–Crippen MR) is 205 cm³/mol. The molecule has 8 nitrogen and oxygen atoms in total. The molecule has 0 aromatic rings. The molecule has 0 saturated heterocycles. The number of unbranched alkanes of at least 4 members (excludes halogenated alkanes) is 13. The fraction of sp³-hybridized carbons (Fsp3) is 0.775. The van der Waals surface area contributed by atoms with Crippen LogP contribution in [0.25, 0.3) is 0 Å². The Morgan fingerprint density at radius 3 is 1.80 bits per heavy atom. The number of aliphatic hydroxyl groups is 1. The number of likely N-dealkylation sites (N-methyl/N-ethyl adjacent to an activating group) is 1. The van der Waals surface area contributed by atoms with Gasteiger partial charge in [-0.05, 0) is 51.4 Å². The van der Waals surface area contributed by atoms with Gasteiger partial charge in [0.2, 0.25) is 5.91 Å². The van der Waals surface area contributed by atoms with Crippen LogP contribution in [0.2, 0.25) is 0 Å². The van der Waals surface area contributed by atoms with Crippen LogP contribution in [0, 0.1) is 0 Å². The standard InChI is InChI=1S/C40H75N2O6P/c1-6-8-10-12-13-14-15-16-17-18-19-20-21-22-23-24-25-26-27-28-29-30-32-34-40(44)41-38(39(43)33-31-11-9-7-2)37-48-49(45,46)47-36-35-42(3,4)5/h8,10,13-14,16-17,19-20,38-39,43H,6-7,9,11-12,15,18,21-37H2,1-5H3,(H-,41,44,45,46)/b10-8-,14-13-,17-16-,20-19-. The highest BCUT2D eigenvalue weighted by atomic mass is 31.2. The number of aliphatic hydroxyl groups excluding tert-OH is 1. The number of allylic oxidation sites excluding steroid dienone is 8. The lowest BCUT2D eigenvalue weighted by Gasteiger charge is -2.30. The molecule has 0 aliphatic carbocycles. The maximum absolute atomic E-state index is 12.7. The molecule has 0 saturated carbocycles. The second kappa shape index (κ2) is 32.4. The summed E-state index contributed by atoms with van der Waals surface area (Å²) in [7, 11) is 1.29. The molecule has 0 bridgehead atoms. The molecule has 0 spiro atoms. The molecular formula is C40H75N2O6P. The van der Waals surface area contributed by atoms with E-state index in [0.717, 1.165) is 70.6 Å². The van der Waals surface area contributed by atoms with E-state index >= 15 is 0 Å². The average Bonchev–Trinajstić information content (AvgIpc) is 3.04. The minimum atomic E-state index is -4.54. The fourth-order valence-electron chi connectivity index (χ4n) is 5.20. The van der Waals surface area contributed by atoms with E-state index in [1.54, 1.807) is 0 Å². The van der Waals surface area contributed by atoms with Crippen molar-refractivity contribution in [2.45, 2.75) is 161 Å². The number of rotatable bonds is 34. The summed E-state index contributed by atoms with van der Waals surface area (Å²) < 4.78 is 22.9. The number of hydrogen-bond donors (Lipinski definition) is 2. The van der Waals surface area contributed by atoms with Gasteiger partial charge in [-0.1, -0.05) is 140 Å². The maximum atomic E-state index is 12.7. The van der Waals surface area contributed by atoms with Gasteiger partial charge in [0.05, 0.1) is 39.9 Å². The summed E-state index contributed by atoms with van der Waals surface area (Å²) in [6.07, 6.45) is 38.9. The summed E-state index contributed by atoms with van der Waals surface area (Å²) in [5.41, 5.74) is 0. The number of quaternary nitrogens is 1. The maximum Gasteiger partial charge on any atom is 0.268 e. The highest BCUT2D eigenvalue weighted by molar-refractivity contribution is 7.45. The molecule has 0 aliphatic rings. The van der Waals surface area contributed by atoms with Crippen molar-refractivity contribution in [1.29, 1.82) is 0 Å². The van der Waals surface area contributed by atoms with Crippen molar-refractivity contribution in [1.82, 2.24) is 5.32 Å². The van der Waals surface area contributed by atoms with Crippen LogP contribution < -0.4 is 10.2 Å². The highest BCUT2D eigenvalue weighted by Crippen LogP contribution is 2.38. The molecule has 3 unspecified atom stereocenters. The monoisotopic (exact) mass is 711 g/mol. The van der Waals surface area contributed by atoms with Crippen molar-refractivity contribution in [3.8, 4) is 0 Å². The van der Waals surface area contributed by atoms with E-state index in [-0.39, 0.29) is 19.1 Å². The summed E-state index contributed by atoms with van der Waals surface area (Å²) in [4.78, 5) is 25.0. The van der Waals surface area contributed by atoms with E-state index in [1.165, 1.54) is 51.4 Å². The number of phosphoric ester groups is 1. The summed E-state index contributed by atoms with van der Waals surface area (Å²) in [6, 6.07) is -0.799. The van der Waals surface area contributed by atoms with Gasteiger partial charge in [-0.15, -0.1) is 0 Å². The Labute approximate surface area is 301 Å². The zero-order chi connectivity index (χ0) is 36.5. The zero-order valence-electron chi connectivity index (χ0n) is 32.1. The minimum absolute atomic E-state index is 0.00806. The predicted octanol–water partition coefficient (Wildman–Crippen LogP) is 9.50. The number of phosphoric acid groups is 1. The lowest BCUT2D eigenvalue weighted by atomic mass is 10.0. The molecule has 286 valence electrons. The van der Waals surface area contributed by atoms with Crippen molar-refractivity contribution in [2.75, 3.05) is 40.9 Å². The third kappa shape index (κ3) is 34.7. The Hall–Kier alpha value is -1.54. The third-order valence-electron chi connectivity index (χ3n) is 8.33. The van der Waals surface area contributed by atoms with Gasteiger partial charge in [-0.25, -0.2) is 0 Å². The van der Waals surface area contributed by atoms with Gasteiger partial charge in [-0.3, -0.25) is 9.36 Å². The van der Waals surface area contributed by atoms with Gasteiger partial charge in [-0.2, -0.15) is 0 Å². The first-order chi connectivity index (χ1) is 23.5. The van der Waals surface area contributed by atoms with Crippen LogP contribution in [0.4, 0.5) is 0 Å². The molecular weight excluding hydrogens is 635 g/mol. The van der Waals surface area contributed by atoms with Crippen LogP contribution in [-0.2, 0) is 18.4 Å². The SMILES string of the molecule is CC/C=C\C/C=C\C/C=C\C/C=C\CCCCCCCCCCCCC(=O)NC(COP(=O)([O-])OCC[N+](C)(C)C)C(O)CCCCCC. The molecule has 49 heavy (non-hydrogen) atoms. The summed E-state index contributed by atoms with van der Waals surface area (Å²) in [6.45, 7) is 4.45. The quantitative estimate of drug-likeness (QED) is 0.0298. The topological polar surface area (TPSA) is 108 Å².